The van der Waals surface area contributed by atoms with Gasteiger partial charge in [0.15, 0.2) is 6.29 Å². The Labute approximate surface area is 145 Å². The van der Waals surface area contributed by atoms with Crippen LogP contribution in [-0.4, -0.2) is 55.8 Å². The van der Waals surface area contributed by atoms with Gasteiger partial charge in [0.2, 0.25) is 0 Å². The molecule has 1 aromatic rings. The number of carbonyl (C=O) groups is 1. The maximum absolute atomic E-state index is 12.0. The van der Waals surface area contributed by atoms with Gasteiger partial charge in [0, 0.05) is 11.5 Å². The molecule has 1 saturated carbocycles. The molecule has 3 fully saturated rings. The van der Waals surface area contributed by atoms with Crippen LogP contribution in [0.2, 0.25) is 0 Å². The summed E-state index contributed by atoms with van der Waals surface area (Å²) in [5.41, 5.74) is 0.839. The van der Waals surface area contributed by atoms with E-state index >= 15 is 0 Å². The Morgan fingerprint density at radius 1 is 1.24 bits per heavy atom. The van der Waals surface area contributed by atoms with Crippen molar-refractivity contribution in [2.45, 2.75) is 37.6 Å². The van der Waals surface area contributed by atoms with Crippen LogP contribution in [0.15, 0.2) is 24.3 Å². The number of methoxy groups -OCH3 is 1. The third kappa shape index (κ3) is 2.91. The molecule has 7 atom stereocenters. The quantitative estimate of drug-likeness (QED) is 0.813. The molecule has 0 bridgehead atoms. The van der Waals surface area contributed by atoms with Crippen molar-refractivity contribution in [3.8, 4) is 5.75 Å². The van der Waals surface area contributed by atoms with E-state index in [1.807, 2.05) is 24.3 Å². The van der Waals surface area contributed by atoms with Crippen molar-refractivity contribution in [1.29, 1.82) is 0 Å². The number of aliphatic hydroxyl groups excluding tert-OH is 1. The molecular formula is C18H22O7. The Balaban J connectivity index is 1.45. The first-order valence-corrected chi connectivity index (χ1v) is 8.55. The molecule has 1 aliphatic carbocycles. The van der Waals surface area contributed by atoms with Crippen LogP contribution in [0.5, 0.6) is 5.75 Å². The van der Waals surface area contributed by atoms with Gasteiger partial charge < -0.3 is 28.8 Å². The van der Waals surface area contributed by atoms with E-state index in [1.54, 1.807) is 14.0 Å². The molecular weight excluding hydrogens is 328 g/mol. The topological polar surface area (TPSA) is 83.5 Å². The van der Waals surface area contributed by atoms with E-state index in [2.05, 4.69) is 0 Å². The standard InChI is InChI=1S/C18H22O7/c1-3-22-17(20)13-12-14(19)15-11(24-16(12)13)8-23-18(25-15)9-4-6-10(21-2)7-5-9/h4-7,11-16,18-19H,3,8H2,1-2H3/t11-,12?,13?,14-,15-,16?,18?/m1/s1. The lowest BCUT2D eigenvalue weighted by molar-refractivity contribution is -0.300. The average Bonchev–Trinajstić information content (AvgIpc) is 3.36. The van der Waals surface area contributed by atoms with Crippen molar-refractivity contribution in [1.82, 2.24) is 0 Å². The minimum atomic E-state index is -0.775. The summed E-state index contributed by atoms with van der Waals surface area (Å²) in [5, 5.41) is 10.7. The van der Waals surface area contributed by atoms with Gasteiger partial charge in [-0.15, -0.1) is 0 Å². The number of fused-ring (bicyclic) bond motifs is 2. The van der Waals surface area contributed by atoms with E-state index < -0.39 is 24.4 Å². The van der Waals surface area contributed by atoms with Gasteiger partial charge in [0.05, 0.1) is 38.4 Å². The Bertz CT molecular complexity index is 631. The van der Waals surface area contributed by atoms with Crippen molar-refractivity contribution in [3.63, 3.8) is 0 Å². The summed E-state index contributed by atoms with van der Waals surface area (Å²) in [6, 6.07) is 7.38. The Kier molecular flexibility index (Phi) is 4.41. The van der Waals surface area contributed by atoms with Crippen LogP contribution in [-0.2, 0) is 23.7 Å². The van der Waals surface area contributed by atoms with Gasteiger partial charge in [-0.1, -0.05) is 12.1 Å². The van der Waals surface area contributed by atoms with Crippen LogP contribution in [0.4, 0.5) is 0 Å². The van der Waals surface area contributed by atoms with Crippen molar-refractivity contribution in [2.24, 2.45) is 11.8 Å². The van der Waals surface area contributed by atoms with Crippen LogP contribution < -0.4 is 4.74 Å². The summed E-state index contributed by atoms with van der Waals surface area (Å²) in [7, 11) is 1.61. The first-order valence-electron chi connectivity index (χ1n) is 8.55. The summed E-state index contributed by atoms with van der Waals surface area (Å²) in [6.07, 6.45) is -2.57. The molecule has 0 radical (unpaired) electrons. The Morgan fingerprint density at radius 2 is 2.00 bits per heavy atom. The van der Waals surface area contributed by atoms with Crippen LogP contribution in [0.1, 0.15) is 18.8 Å². The highest BCUT2D eigenvalue weighted by Gasteiger charge is 2.67. The number of aliphatic hydroxyl groups is 1. The number of esters is 1. The molecule has 2 saturated heterocycles. The monoisotopic (exact) mass is 350 g/mol. The van der Waals surface area contributed by atoms with Gasteiger partial charge in [0.25, 0.3) is 0 Å². The van der Waals surface area contributed by atoms with E-state index in [9.17, 15) is 9.90 Å². The number of benzene rings is 1. The molecule has 2 aliphatic heterocycles. The zero-order valence-electron chi connectivity index (χ0n) is 14.2. The molecule has 2 heterocycles. The summed E-state index contributed by atoms with van der Waals surface area (Å²) in [6.45, 7) is 2.38. The van der Waals surface area contributed by atoms with Crippen LogP contribution in [0.3, 0.4) is 0 Å². The Morgan fingerprint density at radius 3 is 2.68 bits per heavy atom. The first-order chi connectivity index (χ1) is 12.1. The molecule has 0 spiro atoms. The molecule has 0 amide bonds. The number of ether oxygens (including phenoxy) is 5. The van der Waals surface area contributed by atoms with Gasteiger partial charge in [0.1, 0.15) is 18.0 Å². The van der Waals surface area contributed by atoms with E-state index in [1.165, 1.54) is 0 Å². The van der Waals surface area contributed by atoms with E-state index in [0.717, 1.165) is 11.3 Å². The third-order valence-corrected chi connectivity index (χ3v) is 5.08. The number of hydrogen-bond acceptors (Lipinski definition) is 7. The fraction of sp³-hybridized carbons (Fsp3) is 0.611. The molecule has 0 aromatic heterocycles. The molecule has 3 aliphatic rings. The summed E-state index contributed by atoms with van der Waals surface area (Å²) >= 11 is 0. The molecule has 136 valence electrons. The van der Waals surface area contributed by atoms with Crippen LogP contribution in [0.25, 0.3) is 0 Å². The highest BCUT2D eigenvalue weighted by Crippen LogP contribution is 2.52. The third-order valence-electron chi connectivity index (χ3n) is 5.08. The number of rotatable bonds is 4. The van der Waals surface area contributed by atoms with E-state index in [4.69, 9.17) is 23.7 Å². The fourth-order valence-electron chi connectivity index (χ4n) is 3.74. The molecule has 7 nitrogen and oxygen atoms in total. The maximum atomic E-state index is 12.0. The summed E-state index contributed by atoms with van der Waals surface area (Å²) < 4.78 is 27.8. The lowest BCUT2D eigenvalue weighted by Crippen LogP contribution is -2.53. The average molecular weight is 350 g/mol. The van der Waals surface area contributed by atoms with Crippen molar-refractivity contribution in [3.05, 3.63) is 29.8 Å². The zero-order chi connectivity index (χ0) is 17.6. The second kappa shape index (κ2) is 6.57. The zero-order valence-corrected chi connectivity index (χ0v) is 14.2. The molecule has 1 aromatic carbocycles. The van der Waals surface area contributed by atoms with Crippen LogP contribution in [0, 0.1) is 11.8 Å². The SMILES string of the molecule is CCOC(=O)C1C2O[C@@H]3COC(c4ccc(OC)cc4)O[C@H]3[C@H](O)C21. The van der Waals surface area contributed by atoms with E-state index in [-0.39, 0.29) is 24.1 Å². The smallest absolute Gasteiger partial charge is 0.312 e. The molecule has 1 N–H and O–H groups in total. The van der Waals surface area contributed by atoms with Crippen molar-refractivity contribution < 1.29 is 33.6 Å². The van der Waals surface area contributed by atoms with Crippen LogP contribution >= 0.6 is 0 Å². The maximum Gasteiger partial charge on any atom is 0.312 e. The normalized spacial score (nSPS) is 39.1. The van der Waals surface area contributed by atoms with Gasteiger partial charge in [-0.05, 0) is 19.1 Å². The predicted octanol–water partition coefficient (Wildman–Crippen LogP) is 1.05. The summed E-state index contributed by atoms with van der Waals surface area (Å²) in [4.78, 5) is 12.0. The van der Waals surface area contributed by atoms with Crippen molar-refractivity contribution in [2.75, 3.05) is 20.3 Å². The number of hydrogen-bond donors (Lipinski definition) is 1. The van der Waals surface area contributed by atoms with Crippen molar-refractivity contribution >= 4 is 5.97 Å². The summed E-state index contributed by atoms with van der Waals surface area (Å²) in [5.74, 6) is -0.252. The van der Waals surface area contributed by atoms with Gasteiger partial charge in [-0.25, -0.2) is 0 Å². The lowest BCUT2D eigenvalue weighted by atomic mass is 9.99. The lowest BCUT2D eigenvalue weighted by Gasteiger charge is -2.41. The highest BCUT2D eigenvalue weighted by molar-refractivity contribution is 5.77. The highest BCUT2D eigenvalue weighted by atomic mass is 16.7. The molecule has 4 rings (SSSR count). The number of carbonyl (C=O) groups excluding carboxylic acids is 1. The van der Waals surface area contributed by atoms with Gasteiger partial charge >= 0.3 is 5.97 Å². The minimum absolute atomic E-state index is 0.269. The second-order valence-electron chi connectivity index (χ2n) is 6.52. The predicted molar refractivity (Wildman–Crippen MR) is 84.8 cm³/mol. The van der Waals surface area contributed by atoms with Gasteiger partial charge in [-0.3, -0.25) is 4.79 Å². The van der Waals surface area contributed by atoms with Gasteiger partial charge in [-0.2, -0.15) is 0 Å². The molecule has 7 heteroatoms. The van der Waals surface area contributed by atoms with E-state index in [0.29, 0.717) is 13.2 Å². The Hall–Kier alpha value is -1.67. The minimum Gasteiger partial charge on any atom is -0.497 e. The molecule has 25 heavy (non-hydrogen) atoms. The largest absolute Gasteiger partial charge is 0.497 e. The molecule has 4 unspecified atom stereocenters. The fourth-order valence-corrected chi connectivity index (χ4v) is 3.74. The second-order valence-corrected chi connectivity index (χ2v) is 6.52. The first kappa shape index (κ1) is 16.8.